The van der Waals surface area contributed by atoms with E-state index in [1.165, 1.54) is 6.21 Å². The van der Waals surface area contributed by atoms with Crippen LogP contribution >= 0.6 is 15.9 Å². The fourth-order valence-corrected chi connectivity index (χ4v) is 3.03. The number of nitrogens with one attached hydrogen (secondary N) is 2. The van der Waals surface area contributed by atoms with E-state index in [1.54, 1.807) is 24.3 Å². The van der Waals surface area contributed by atoms with Crippen LogP contribution in [0.2, 0.25) is 0 Å². The van der Waals surface area contributed by atoms with Gasteiger partial charge < -0.3 is 14.8 Å². The number of amides is 2. The van der Waals surface area contributed by atoms with Gasteiger partial charge in [-0.15, -0.1) is 0 Å². The van der Waals surface area contributed by atoms with Crippen LogP contribution in [0, 0.1) is 0 Å². The number of ether oxygens (including phenoxy) is 2. The van der Waals surface area contributed by atoms with E-state index in [9.17, 15) is 9.59 Å². The van der Waals surface area contributed by atoms with Crippen molar-refractivity contribution in [2.24, 2.45) is 5.10 Å². The van der Waals surface area contributed by atoms with Crippen molar-refractivity contribution in [2.75, 3.05) is 11.9 Å². The average Bonchev–Trinajstić information content (AvgIpc) is 2.81. The largest absolute Gasteiger partial charge is 0.494 e. The third-order valence-corrected chi connectivity index (χ3v) is 4.90. The molecule has 0 saturated heterocycles. The van der Waals surface area contributed by atoms with Crippen molar-refractivity contribution >= 4 is 39.6 Å². The molecule has 0 aliphatic carbocycles. The van der Waals surface area contributed by atoms with Crippen LogP contribution in [0.1, 0.15) is 24.5 Å². The molecule has 0 heterocycles. The summed E-state index contributed by atoms with van der Waals surface area (Å²) in [7, 11) is 0. The highest BCUT2D eigenvalue weighted by Gasteiger charge is 2.09. The molecule has 3 aromatic carbocycles. The number of carbonyl (C=O) groups is 2. The summed E-state index contributed by atoms with van der Waals surface area (Å²) in [5.74, 6) is 0.500. The molecule has 0 spiro atoms. The van der Waals surface area contributed by atoms with Crippen LogP contribution in [0.3, 0.4) is 0 Å². The Morgan fingerprint density at radius 1 is 0.879 bits per heavy atom. The predicted molar refractivity (Wildman–Crippen MR) is 132 cm³/mol. The lowest BCUT2D eigenvalue weighted by Crippen LogP contribution is -2.24. The lowest BCUT2D eigenvalue weighted by molar-refractivity contribution is -0.126. The molecule has 0 unspecified atom stereocenters. The van der Waals surface area contributed by atoms with Gasteiger partial charge in [-0.2, -0.15) is 5.10 Å². The zero-order chi connectivity index (χ0) is 23.5. The van der Waals surface area contributed by atoms with Gasteiger partial charge in [-0.05, 0) is 78.7 Å². The summed E-state index contributed by atoms with van der Waals surface area (Å²) < 4.78 is 12.1. The molecular formula is C25H24BrN3O4. The molecule has 0 fully saturated rings. The molecule has 33 heavy (non-hydrogen) atoms. The van der Waals surface area contributed by atoms with Crippen LogP contribution in [0.4, 0.5) is 5.69 Å². The van der Waals surface area contributed by atoms with Crippen molar-refractivity contribution in [1.82, 2.24) is 5.43 Å². The maximum atomic E-state index is 12.0. The number of nitrogens with zero attached hydrogens (tertiary/aromatic N) is 1. The summed E-state index contributed by atoms with van der Waals surface area (Å²) in [6, 6.07) is 22.2. The first kappa shape index (κ1) is 24.0. The molecule has 0 aliphatic heterocycles. The summed E-state index contributed by atoms with van der Waals surface area (Å²) in [5, 5.41) is 6.56. The summed E-state index contributed by atoms with van der Waals surface area (Å²) >= 11 is 3.41. The van der Waals surface area contributed by atoms with Crippen LogP contribution in [-0.2, 0) is 16.2 Å². The van der Waals surface area contributed by atoms with Crippen molar-refractivity contribution < 1.29 is 19.1 Å². The van der Waals surface area contributed by atoms with Crippen LogP contribution in [0.15, 0.2) is 82.4 Å². The monoisotopic (exact) mass is 509 g/mol. The normalized spacial score (nSPS) is 10.6. The summed E-state index contributed by atoms with van der Waals surface area (Å²) in [4.78, 5) is 24.0. The Morgan fingerprint density at radius 2 is 1.52 bits per heavy atom. The quantitative estimate of drug-likeness (QED) is 0.231. The maximum absolute atomic E-state index is 12.0. The molecule has 7 nitrogen and oxygen atoms in total. The number of halogens is 1. The Bertz CT molecular complexity index is 1080. The van der Waals surface area contributed by atoms with E-state index >= 15 is 0 Å². The molecule has 0 atom stereocenters. The van der Waals surface area contributed by atoms with E-state index in [2.05, 4.69) is 31.8 Å². The first-order valence-corrected chi connectivity index (χ1v) is 11.1. The molecule has 0 bridgehead atoms. The number of benzene rings is 3. The molecule has 0 aliphatic rings. The molecule has 3 aromatic rings. The predicted octanol–water partition coefficient (Wildman–Crippen LogP) is 4.91. The number of carbonyl (C=O) groups excluding carboxylic acids is 2. The second-order valence-electron chi connectivity index (χ2n) is 6.96. The van der Waals surface area contributed by atoms with Crippen molar-refractivity contribution in [2.45, 2.75) is 20.0 Å². The van der Waals surface area contributed by atoms with Gasteiger partial charge in [0, 0.05) is 10.2 Å². The average molecular weight is 510 g/mol. The zero-order valence-electron chi connectivity index (χ0n) is 18.1. The maximum Gasteiger partial charge on any atom is 0.249 e. The first-order valence-electron chi connectivity index (χ1n) is 10.3. The molecule has 2 amide bonds. The zero-order valence-corrected chi connectivity index (χ0v) is 19.7. The molecule has 3 rings (SSSR count). The minimum Gasteiger partial charge on any atom is -0.494 e. The van der Waals surface area contributed by atoms with Gasteiger partial charge in [0.1, 0.15) is 24.5 Å². The minimum atomic E-state index is -0.510. The van der Waals surface area contributed by atoms with Crippen molar-refractivity contribution in [3.8, 4) is 11.5 Å². The Labute approximate surface area is 200 Å². The molecule has 170 valence electrons. The SMILES string of the molecule is CCOc1ccc(NC(=O)CC(=O)NN=Cc2ccc(OCc3ccc(Br)cc3)cc2)cc1. The standard InChI is InChI=1S/C25H24BrN3O4/c1-2-32-22-13-9-21(10-14-22)28-24(30)15-25(31)29-27-16-18-5-11-23(12-6-18)33-17-19-3-7-20(26)8-4-19/h3-14,16H,2,15,17H2,1H3,(H,28,30)(H,29,31). The second kappa shape index (κ2) is 12.4. The Morgan fingerprint density at radius 3 is 2.18 bits per heavy atom. The number of rotatable bonds is 10. The van der Waals surface area contributed by atoms with E-state index in [0.717, 1.165) is 21.3 Å². The number of anilines is 1. The van der Waals surface area contributed by atoms with Crippen molar-refractivity contribution in [3.63, 3.8) is 0 Å². The Hall–Kier alpha value is -3.65. The highest BCUT2D eigenvalue weighted by atomic mass is 79.9. The number of hydrazone groups is 1. The van der Waals surface area contributed by atoms with Gasteiger partial charge in [-0.25, -0.2) is 5.43 Å². The molecule has 0 radical (unpaired) electrons. The highest BCUT2D eigenvalue weighted by Crippen LogP contribution is 2.16. The van der Waals surface area contributed by atoms with E-state index in [-0.39, 0.29) is 6.42 Å². The second-order valence-corrected chi connectivity index (χ2v) is 7.88. The third kappa shape index (κ3) is 8.42. The topological polar surface area (TPSA) is 89.0 Å². The lowest BCUT2D eigenvalue weighted by Gasteiger charge is -2.07. The van der Waals surface area contributed by atoms with E-state index < -0.39 is 11.8 Å². The van der Waals surface area contributed by atoms with Crippen LogP contribution < -0.4 is 20.2 Å². The van der Waals surface area contributed by atoms with Crippen molar-refractivity contribution in [3.05, 3.63) is 88.4 Å². The van der Waals surface area contributed by atoms with Crippen LogP contribution in [0.5, 0.6) is 11.5 Å². The molecule has 8 heteroatoms. The summed E-state index contributed by atoms with van der Waals surface area (Å²) in [6.07, 6.45) is 1.16. The fraction of sp³-hybridized carbons (Fsp3) is 0.160. The molecule has 0 saturated carbocycles. The van der Waals surface area contributed by atoms with Gasteiger partial charge in [0.25, 0.3) is 0 Å². The highest BCUT2D eigenvalue weighted by molar-refractivity contribution is 9.10. The minimum absolute atomic E-state index is 0.340. The molecule has 0 aromatic heterocycles. The van der Waals surface area contributed by atoms with Gasteiger partial charge >= 0.3 is 0 Å². The Kier molecular flexibility index (Phi) is 9.02. The number of hydrogen-bond donors (Lipinski definition) is 2. The van der Waals surface area contributed by atoms with Gasteiger partial charge in [-0.1, -0.05) is 28.1 Å². The van der Waals surface area contributed by atoms with Crippen LogP contribution in [0.25, 0.3) is 0 Å². The summed E-state index contributed by atoms with van der Waals surface area (Å²) in [6.45, 7) is 2.93. The van der Waals surface area contributed by atoms with Crippen LogP contribution in [-0.4, -0.2) is 24.6 Å². The third-order valence-electron chi connectivity index (χ3n) is 4.37. The van der Waals surface area contributed by atoms with E-state index in [0.29, 0.717) is 24.7 Å². The van der Waals surface area contributed by atoms with Gasteiger partial charge in [0.15, 0.2) is 0 Å². The fourth-order valence-electron chi connectivity index (χ4n) is 2.77. The smallest absolute Gasteiger partial charge is 0.249 e. The van der Waals surface area contributed by atoms with E-state index in [4.69, 9.17) is 9.47 Å². The number of hydrogen-bond acceptors (Lipinski definition) is 5. The molecular weight excluding hydrogens is 486 g/mol. The van der Waals surface area contributed by atoms with Gasteiger partial charge in [0.2, 0.25) is 11.8 Å². The molecule has 2 N–H and O–H groups in total. The van der Waals surface area contributed by atoms with Gasteiger partial charge in [0.05, 0.1) is 12.8 Å². The van der Waals surface area contributed by atoms with Crippen molar-refractivity contribution in [1.29, 1.82) is 0 Å². The van der Waals surface area contributed by atoms with E-state index in [1.807, 2.05) is 55.5 Å². The first-order chi connectivity index (χ1) is 16.0. The Balaban J connectivity index is 1.40. The van der Waals surface area contributed by atoms with Gasteiger partial charge in [-0.3, -0.25) is 9.59 Å². The lowest BCUT2D eigenvalue weighted by atomic mass is 10.2. The summed E-state index contributed by atoms with van der Waals surface area (Å²) in [5.41, 5.74) is 4.79.